The maximum atomic E-state index is 12.4. The summed E-state index contributed by atoms with van der Waals surface area (Å²) >= 11 is 0. The van der Waals surface area contributed by atoms with Crippen LogP contribution in [0.15, 0.2) is 42.5 Å². The molecule has 7 heteroatoms. The van der Waals surface area contributed by atoms with Crippen LogP contribution >= 0.6 is 0 Å². The first kappa shape index (κ1) is 20.8. The summed E-state index contributed by atoms with van der Waals surface area (Å²) in [4.78, 5) is 24.6. The SMILES string of the molecule is CCOc1ccc(C(=O)O[C@H](C)C(=O)Nc2ccc(C#N)cc2)cc1OCC. The largest absolute Gasteiger partial charge is 0.490 e. The van der Waals surface area contributed by atoms with Crippen LogP contribution in [0.2, 0.25) is 0 Å². The highest BCUT2D eigenvalue weighted by Gasteiger charge is 2.20. The van der Waals surface area contributed by atoms with E-state index in [1.54, 1.807) is 36.4 Å². The fraction of sp³-hybridized carbons (Fsp3) is 0.286. The predicted molar refractivity (Wildman–Crippen MR) is 103 cm³/mol. The van der Waals surface area contributed by atoms with E-state index in [-0.39, 0.29) is 5.56 Å². The van der Waals surface area contributed by atoms with Crippen molar-refractivity contribution in [3.05, 3.63) is 53.6 Å². The van der Waals surface area contributed by atoms with Gasteiger partial charge in [0.15, 0.2) is 17.6 Å². The van der Waals surface area contributed by atoms with Crippen molar-refractivity contribution in [3.63, 3.8) is 0 Å². The first-order valence-corrected chi connectivity index (χ1v) is 8.90. The van der Waals surface area contributed by atoms with Gasteiger partial charge in [-0.2, -0.15) is 5.26 Å². The van der Waals surface area contributed by atoms with Crippen LogP contribution in [-0.4, -0.2) is 31.2 Å². The molecule has 2 aromatic carbocycles. The molecule has 1 N–H and O–H groups in total. The molecule has 0 aliphatic heterocycles. The maximum absolute atomic E-state index is 12.4. The van der Waals surface area contributed by atoms with Crippen molar-refractivity contribution in [2.24, 2.45) is 0 Å². The predicted octanol–water partition coefficient (Wildman–Crippen LogP) is 3.54. The lowest BCUT2D eigenvalue weighted by molar-refractivity contribution is -0.123. The first-order valence-electron chi connectivity index (χ1n) is 8.90. The van der Waals surface area contributed by atoms with E-state index in [0.717, 1.165) is 0 Å². The van der Waals surface area contributed by atoms with Gasteiger partial charge in [-0.25, -0.2) is 4.79 Å². The number of nitrogens with zero attached hydrogens (tertiary/aromatic N) is 1. The molecule has 0 fully saturated rings. The van der Waals surface area contributed by atoms with Crippen molar-refractivity contribution in [2.75, 3.05) is 18.5 Å². The van der Waals surface area contributed by atoms with Gasteiger partial charge in [-0.3, -0.25) is 4.79 Å². The van der Waals surface area contributed by atoms with Crippen molar-refractivity contribution < 1.29 is 23.8 Å². The average Bonchev–Trinajstić information content (AvgIpc) is 2.70. The Morgan fingerprint density at radius 1 is 1.04 bits per heavy atom. The highest BCUT2D eigenvalue weighted by molar-refractivity contribution is 5.97. The molecular formula is C21H22N2O5. The lowest BCUT2D eigenvalue weighted by atomic mass is 10.2. The first-order chi connectivity index (χ1) is 13.5. The molecule has 28 heavy (non-hydrogen) atoms. The van der Waals surface area contributed by atoms with E-state index < -0.39 is 18.0 Å². The number of anilines is 1. The second kappa shape index (κ2) is 9.97. The van der Waals surface area contributed by atoms with Crippen molar-refractivity contribution >= 4 is 17.6 Å². The lowest BCUT2D eigenvalue weighted by Crippen LogP contribution is -2.30. The van der Waals surface area contributed by atoms with E-state index in [2.05, 4.69) is 5.32 Å². The summed E-state index contributed by atoms with van der Waals surface area (Å²) in [7, 11) is 0. The number of hydrogen-bond acceptors (Lipinski definition) is 6. The molecule has 0 radical (unpaired) electrons. The fourth-order valence-corrected chi connectivity index (χ4v) is 2.33. The Morgan fingerprint density at radius 2 is 1.68 bits per heavy atom. The van der Waals surface area contributed by atoms with E-state index in [1.165, 1.54) is 13.0 Å². The molecule has 0 bridgehead atoms. The van der Waals surface area contributed by atoms with Gasteiger partial charge in [0.05, 0.1) is 30.4 Å². The Kier molecular flexibility index (Phi) is 7.40. The topological polar surface area (TPSA) is 97.6 Å². The maximum Gasteiger partial charge on any atom is 0.339 e. The van der Waals surface area contributed by atoms with Crippen LogP contribution < -0.4 is 14.8 Å². The van der Waals surface area contributed by atoms with Gasteiger partial charge >= 0.3 is 5.97 Å². The van der Waals surface area contributed by atoms with Gasteiger partial charge < -0.3 is 19.5 Å². The Bertz CT molecular complexity index is 871. The number of benzene rings is 2. The molecule has 1 amide bonds. The highest BCUT2D eigenvalue weighted by Crippen LogP contribution is 2.29. The Hall–Kier alpha value is -3.53. The van der Waals surface area contributed by atoms with Crippen molar-refractivity contribution in [2.45, 2.75) is 26.9 Å². The van der Waals surface area contributed by atoms with E-state index >= 15 is 0 Å². The minimum absolute atomic E-state index is 0.255. The number of carbonyl (C=O) groups excluding carboxylic acids is 2. The standard InChI is InChI=1S/C21H22N2O5/c1-4-26-18-11-8-16(12-19(18)27-5-2)21(25)28-14(3)20(24)23-17-9-6-15(13-22)7-10-17/h6-12,14H,4-5H2,1-3H3,(H,23,24)/t14-/m1/s1. The summed E-state index contributed by atoms with van der Waals surface area (Å²) in [5, 5.41) is 11.4. The fourth-order valence-electron chi connectivity index (χ4n) is 2.33. The number of esters is 1. The molecule has 0 aromatic heterocycles. The zero-order valence-electron chi connectivity index (χ0n) is 16.0. The van der Waals surface area contributed by atoms with Crippen LogP contribution in [0.5, 0.6) is 11.5 Å². The summed E-state index contributed by atoms with van der Waals surface area (Å²) < 4.78 is 16.2. The van der Waals surface area contributed by atoms with Crippen LogP contribution in [0.1, 0.15) is 36.7 Å². The van der Waals surface area contributed by atoms with E-state index in [0.29, 0.717) is 36.0 Å². The van der Waals surface area contributed by atoms with Crippen LogP contribution in [0.4, 0.5) is 5.69 Å². The second-order valence-electron chi connectivity index (χ2n) is 5.75. The molecular weight excluding hydrogens is 360 g/mol. The number of carbonyl (C=O) groups is 2. The van der Waals surface area contributed by atoms with E-state index in [9.17, 15) is 9.59 Å². The molecule has 1 atom stereocenters. The zero-order chi connectivity index (χ0) is 20.5. The Morgan fingerprint density at radius 3 is 2.29 bits per heavy atom. The summed E-state index contributed by atoms with van der Waals surface area (Å²) in [6.07, 6.45) is -1.01. The molecule has 2 rings (SSSR count). The smallest absolute Gasteiger partial charge is 0.339 e. The summed E-state index contributed by atoms with van der Waals surface area (Å²) in [5.74, 6) is -0.151. The molecule has 146 valence electrons. The normalized spacial score (nSPS) is 11.1. The van der Waals surface area contributed by atoms with Crippen LogP contribution in [0.25, 0.3) is 0 Å². The monoisotopic (exact) mass is 382 g/mol. The minimum Gasteiger partial charge on any atom is -0.490 e. The van der Waals surface area contributed by atoms with Gasteiger partial charge in [-0.15, -0.1) is 0 Å². The third-order valence-electron chi connectivity index (χ3n) is 3.71. The van der Waals surface area contributed by atoms with Crippen LogP contribution in [0, 0.1) is 11.3 Å². The zero-order valence-corrected chi connectivity index (χ0v) is 16.0. The Labute approximate surface area is 163 Å². The highest BCUT2D eigenvalue weighted by atomic mass is 16.5. The number of nitrogens with one attached hydrogen (secondary N) is 1. The van der Waals surface area contributed by atoms with Crippen molar-refractivity contribution in [1.29, 1.82) is 5.26 Å². The third kappa shape index (κ3) is 5.48. The lowest BCUT2D eigenvalue weighted by Gasteiger charge is -2.15. The third-order valence-corrected chi connectivity index (χ3v) is 3.71. The quantitative estimate of drug-likeness (QED) is 0.701. The molecule has 0 aliphatic carbocycles. The average molecular weight is 382 g/mol. The molecule has 0 heterocycles. The number of rotatable bonds is 8. The van der Waals surface area contributed by atoms with Crippen molar-refractivity contribution in [1.82, 2.24) is 0 Å². The molecule has 0 unspecified atom stereocenters. The van der Waals surface area contributed by atoms with E-state index in [4.69, 9.17) is 19.5 Å². The molecule has 0 saturated carbocycles. The van der Waals surface area contributed by atoms with Gasteiger partial charge in [0.25, 0.3) is 5.91 Å². The Balaban J connectivity index is 2.03. The minimum atomic E-state index is -1.01. The number of ether oxygens (including phenoxy) is 3. The van der Waals surface area contributed by atoms with Crippen molar-refractivity contribution in [3.8, 4) is 17.6 Å². The van der Waals surface area contributed by atoms with Gasteiger partial charge in [-0.05, 0) is 63.2 Å². The number of amides is 1. The van der Waals surface area contributed by atoms with Gasteiger partial charge in [0, 0.05) is 5.69 Å². The molecule has 0 spiro atoms. The summed E-state index contributed by atoms with van der Waals surface area (Å²) in [6.45, 7) is 6.05. The summed E-state index contributed by atoms with van der Waals surface area (Å²) in [6, 6.07) is 13.1. The molecule has 0 saturated heterocycles. The molecule has 0 aliphatic rings. The number of hydrogen-bond donors (Lipinski definition) is 1. The van der Waals surface area contributed by atoms with Crippen LogP contribution in [0.3, 0.4) is 0 Å². The number of nitriles is 1. The van der Waals surface area contributed by atoms with Gasteiger partial charge in [-0.1, -0.05) is 0 Å². The van der Waals surface area contributed by atoms with E-state index in [1.807, 2.05) is 19.9 Å². The van der Waals surface area contributed by atoms with Gasteiger partial charge in [0.2, 0.25) is 0 Å². The second-order valence-corrected chi connectivity index (χ2v) is 5.75. The summed E-state index contributed by atoms with van der Waals surface area (Å²) in [5.41, 5.74) is 1.25. The molecule has 2 aromatic rings. The van der Waals surface area contributed by atoms with Gasteiger partial charge in [0.1, 0.15) is 0 Å². The molecule has 7 nitrogen and oxygen atoms in total. The van der Waals surface area contributed by atoms with Crippen LogP contribution in [-0.2, 0) is 9.53 Å².